The van der Waals surface area contributed by atoms with Gasteiger partial charge in [-0.1, -0.05) is 20.1 Å². The minimum Gasteiger partial charge on any atom is -0.280 e. The molecule has 1 aliphatic rings. The van der Waals surface area contributed by atoms with E-state index >= 15 is 0 Å². The third kappa shape index (κ3) is 3.96. The Kier molecular flexibility index (Phi) is 6.85. The number of Topliss-reactive ketones (excluding diaryl/α,β-unsaturated/α-hetero) is 1. The fourth-order valence-electron chi connectivity index (χ4n) is 1.43. The van der Waals surface area contributed by atoms with Gasteiger partial charge in [-0.15, -0.1) is 0 Å². The van der Waals surface area contributed by atoms with E-state index in [1.807, 2.05) is 0 Å². The van der Waals surface area contributed by atoms with Crippen molar-refractivity contribution >= 4 is 66.1 Å². The molecule has 86 valence electrons. The third-order valence-electron chi connectivity index (χ3n) is 2.50. The Morgan fingerprint density at radius 2 is 1.88 bits per heavy atom. The number of hydrogen-bond donors (Lipinski definition) is 0. The summed E-state index contributed by atoms with van der Waals surface area (Å²) in [6, 6.07) is 0. The number of allylic oxidation sites excluding steroid dienone is 4. The third-order valence-corrected chi connectivity index (χ3v) is 5.51. The summed E-state index contributed by atoms with van der Waals surface area (Å²) in [5.74, 6) is 2.65. The van der Waals surface area contributed by atoms with Crippen molar-refractivity contribution in [1.82, 2.24) is 0 Å². The lowest BCUT2D eigenvalue weighted by molar-refractivity contribution is -0.110. The van der Waals surface area contributed by atoms with E-state index in [1.165, 1.54) is 25.0 Å². The standard InChI is InChI=1S/C11H10I2OS2/c1-7-5-9(10(14)3-4-15-12)11(16-13)6-8(7)2/h5-6H2,1-2H3. The largest absolute Gasteiger partial charge is 0.280 e. The molecular weight excluding hydrogens is 466 g/mol. The molecule has 0 amide bonds. The Balaban J connectivity index is 2.97. The second kappa shape index (κ2) is 7.34. The highest BCUT2D eigenvalue weighted by Gasteiger charge is 2.20. The Bertz CT molecular complexity index is 427. The lowest BCUT2D eigenvalue weighted by Crippen LogP contribution is -2.08. The van der Waals surface area contributed by atoms with Crippen molar-refractivity contribution in [2.75, 3.05) is 0 Å². The van der Waals surface area contributed by atoms with Crippen LogP contribution < -0.4 is 0 Å². The van der Waals surface area contributed by atoms with Gasteiger partial charge in [-0.2, -0.15) is 0 Å². The van der Waals surface area contributed by atoms with Gasteiger partial charge in [0.15, 0.2) is 0 Å². The molecule has 0 aromatic heterocycles. The number of rotatable bonds is 2. The quantitative estimate of drug-likeness (QED) is 0.315. The SMILES string of the molecule is CC1=C(C)CC(C(=O)C#CSI)=C(SI)C1. The Labute approximate surface area is 129 Å². The van der Waals surface area contributed by atoms with Crippen molar-refractivity contribution in [1.29, 1.82) is 0 Å². The zero-order valence-corrected chi connectivity index (χ0v) is 14.8. The van der Waals surface area contributed by atoms with Gasteiger partial charge in [0.2, 0.25) is 5.78 Å². The van der Waals surface area contributed by atoms with Gasteiger partial charge in [-0.3, -0.25) is 4.79 Å². The summed E-state index contributed by atoms with van der Waals surface area (Å²) in [7, 11) is 2.99. The highest BCUT2D eigenvalue weighted by atomic mass is 127. The van der Waals surface area contributed by atoms with E-state index in [4.69, 9.17) is 0 Å². The summed E-state index contributed by atoms with van der Waals surface area (Å²) in [5, 5.41) is 2.76. The number of halogens is 2. The predicted molar refractivity (Wildman–Crippen MR) is 90.6 cm³/mol. The predicted octanol–water partition coefficient (Wildman–Crippen LogP) is 5.07. The first kappa shape index (κ1) is 14.9. The summed E-state index contributed by atoms with van der Waals surface area (Å²) in [5.41, 5.74) is 3.58. The van der Waals surface area contributed by atoms with Crippen molar-refractivity contribution in [3.63, 3.8) is 0 Å². The van der Waals surface area contributed by atoms with E-state index in [0.717, 1.165) is 18.4 Å². The summed E-state index contributed by atoms with van der Waals surface area (Å²) in [4.78, 5) is 13.1. The van der Waals surface area contributed by atoms with Gasteiger partial charge in [-0.05, 0) is 40.4 Å². The molecule has 0 fully saturated rings. The minimum atomic E-state index is -0.0183. The van der Waals surface area contributed by atoms with Crippen LogP contribution in [0.3, 0.4) is 0 Å². The summed E-state index contributed by atoms with van der Waals surface area (Å²) < 4.78 is 0. The van der Waals surface area contributed by atoms with Crippen LogP contribution in [-0.2, 0) is 4.79 Å². The fourth-order valence-corrected chi connectivity index (χ4v) is 3.69. The van der Waals surface area contributed by atoms with Crippen LogP contribution in [0.5, 0.6) is 0 Å². The van der Waals surface area contributed by atoms with Crippen LogP contribution in [-0.4, -0.2) is 5.78 Å². The molecule has 0 spiro atoms. The molecule has 0 aromatic rings. The van der Waals surface area contributed by atoms with Crippen molar-refractivity contribution < 1.29 is 4.79 Å². The van der Waals surface area contributed by atoms with Gasteiger partial charge >= 0.3 is 0 Å². The van der Waals surface area contributed by atoms with Crippen molar-refractivity contribution in [2.45, 2.75) is 26.7 Å². The fraction of sp³-hybridized carbons (Fsp3) is 0.364. The Morgan fingerprint density at radius 1 is 1.25 bits per heavy atom. The number of carbonyl (C=O) groups excluding carboxylic acids is 1. The van der Waals surface area contributed by atoms with Gasteiger partial charge < -0.3 is 0 Å². The minimum absolute atomic E-state index is 0.0183. The van der Waals surface area contributed by atoms with Gasteiger partial charge in [0.1, 0.15) is 0 Å². The maximum Gasteiger partial charge on any atom is 0.233 e. The van der Waals surface area contributed by atoms with E-state index in [0.29, 0.717) is 0 Å². The van der Waals surface area contributed by atoms with Crippen LogP contribution in [0.25, 0.3) is 0 Å². The second-order valence-corrected chi connectivity index (χ2v) is 7.17. The molecule has 0 radical (unpaired) electrons. The van der Waals surface area contributed by atoms with E-state index in [1.54, 1.807) is 8.93 Å². The van der Waals surface area contributed by atoms with Crippen LogP contribution >= 0.6 is 60.3 Å². The first-order valence-electron chi connectivity index (χ1n) is 4.59. The van der Waals surface area contributed by atoms with Crippen molar-refractivity contribution in [3.05, 3.63) is 21.6 Å². The summed E-state index contributed by atoms with van der Waals surface area (Å²) in [6.45, 7) is 4.23. The highest BCUT2D eigenvalue weighted by molar-refractivity contribution is 14.2. The normalized spacial score (nSPS) is 16.0. The van der Waals surface area contributed by atoms with E-state index in [9.17, 15) is 4.79 Å². The lowest BCUT2D eigenvalue weighted by atomic mass is 9.91. The van der Waals surface area contributed by atoms with E-state index in [2.05, 4.69) is 67.4 Å². The molecule has 0 unspecified atom stereocenters. The Hall–Kier alpha value is 0.870. The van der Waals surface area contributed by atoms with E-state index < -0.39 is 0 Å². The molecule has 1 aliphatic carbocycles. The van der Waals surface area contributed by atoms with Crippen molar-refractivity contribution in [3.8, 4) is 11.2 Å². The first-order chi connectivity index (χ1) is 7.60. The van der Waals surface area contributed by atoms with Crippen LogP contribution in [0.1, 0.15) is 26.7 Å². The zero-order valence-electron chi connectivity index (χ0n) is 8.89. The monoisotopic (exact) mass is 476 g/mol. The number of carbonyl (C=O) groups is 1. The highest BCUT2D eigenvalue weighted by Crippen LogP contribution is 2.39. The smallest absolute Gasteiger partial charge is 0.233 e. The maximum atomic E-state index is 11.9. The molecule has 1 rings (SSSR count). The van der Waals surface area contributed by atoms with Gasteiger partial charge in [0.05, 0.1) is 0 Å². The van der Waals surface area contributed by atoms with E-state index in [-0.39, 0.29) is 5.78 Å². The van der Waals surface area contributed by atoms with Crippen LogP contribution in [0, 0.1) is 11.2 Å². The van der Waals surface area contributed by atoms with Gasteiger partial charge in [-0.25, -0.2) is 0 Å². The average Bonchev–Trinajstić information content (AvgIpc) is 2.28. The first-order valence-corrected chi connectivity index (χ1v) is 11.3. The number of hydrogen-bond acceptors (Lipinski definition) is 3. The van der Waals surface area contributed by atoms with Gasteiger partial charge in [0, 0.05) is 59.3 Å². The molecule has 0 bridgehead atoms. The van der Waals surface area contributed by atoms with Crippen LogP contribution in [0.4, 0.5) is 0 Å². The number of ketones is 1. The Morgan fingerprint density at radius 3 is 2.44 bits per heavy atom. The molecule has 0 N–H and O–H groups in total. The second-order valence-electron chi connectivity index (χ2n) is 3.53. The lowest BCUT2D eigenvalue weighted by Gasteiger charge is -2.18. The molecule has 0 heterocycles. The molecule has 1 nitrogen and oxygen atoms in total. The average molecular weight is 476 g/mol. The van der Waals surface area contributed by atoms with Crippen LogP contribution in [0.2, 0.25) is 0 Å². The van der Waals surface area contributed by atoms with Crippen LogP contribution in [0.15, 0.2) is 21.6 Å². The summed E-state index contributed by atoms with van der Waals surface area (Å²) in [6.07, 6.45) is 1.66. The molecule has 0 saturated carbocycles. The van der Waals surface area contributed by atoms with Gasteiger partial charge in [0.25, 0.3) is 0 Å². The molecule has 0 aliphatic heterocycles. The zero-order chi connectivity index (χ0) is 12.1. The molecule has 0 aromatic carbocycles. The van der Waals surface area contributed by atoms with Crippen molar-refractivity contribution in [2.24, 2.45) is 0 Å². The molecular formula is C11H10I2OS2. The molecule has 5 heteroatoms. The molecule has 0 saturated heterocycles. The molecule has 16 heavy (non-hydrogen) atoms. The maximum absolute atomic E-state index is 11.9. The summed E-state index contributed by atoms with van der Waals surface area (Å²) >= 11 is 4.31. The molecule has 0 atom stereocenters. The topological polar surface area (TPSA) is 17.1 Å².